The van der Waals surface area contributed by atoms with Gasteiger partial charge < -0.3 is 14.5 Å². The summed E-state index contributed by atoms with van der Waals surface area (Å²) in [7, 11) is -4.02. The summed E-state index contributed by atoms with van der Waals surface area (Å²) in [6, 6.07) is 9.24. The predicted molar refractivity (Wildman–Crippen MR) is 128 cm³/mol. The second-order valence-electron chi connectivity index (χ2n) is 8.65. The average molecular weight is 489 g/mol. The lowest BCUT2D eigenvalue weighted by Crippen LogP contribution is -2.51. The third-order valence-electron chi connectivity index (χ3n) is 6.22. The maximum absolute atomic E-state index is 12.9. The largest absolute Gasteiger partial charge is 0.368 e. The first-order valence-corrected chi connectivity index (χ1v) is 12.7. The van der Waals surface area contributed by atoms with Crippen LogP contribution in [-0.2, 0) is 19.6 Å². The molecule has 2 aliphatic rings. The number of hydrogen-bond donors (Lipinski definition) is 1. The molecule has 1 atom stereocenters. The Labute approximate surface area is 198 Å². The van der Waals surface area contributed by atoms with Crippen LogP contribution in [0.2, 0.25) is 0 Å². The van der Waals surface area contributed by atoms with Gasteiger partial charge in [0, 0.05) is 38.9 Å². The molecule has 182 valence electrons. The number of sulfonamides is 1. The van der Waals surface area contributed by atoms with Crippen molar-refractivity contribution in [1.29, 1.82) is 0 Å². The number of piperazine rings is 1. The number of nitro benzene ring substituents is 1. The first-order valence-electron chi connectivity index (χ1n) is 11.2. The summed E-state index contributed by atoms with van der Waals surface area (Å²) in [6.07, 6.45) is 1.20. The number of anilines is 2. The molecular formula is C23H28N4O6S. The Morgan fingerprint density at radius 3 is 2.47 bits per heavy atom. The Balaban J connectivity index is 1.51. The summed E-state index contributed by atoms with van der Waals surface area (Å²) in [6.45, 7) is 5.95. The fourth-order valence-corrected chi connectivity index (χ4v) is 5.51. The Hall–Kier alpha value is -3.18. The lowest BCUT2D eigenvalue weighted by molar-refractivity contribution is -0.384. The Kier molecular flexibility index (Phi) is 6.76. The lowest BCUT2D eigenvalue weighted by atomic mass is 10.1. The predicted octanol–water partition coefficient (Wildman–Crippen LogP) is 2.84. The number of carbonyl (C=O) groups excluding carboxylic acids is 1. The number of ether oxygens (including phenoxy) is 1. The molecule has 1 unspecified atom stereocenters. The molecule has 1 N–H and O–H groups in total. The zero-order valence-electron chi connectivity index (χ0n) is 19.2. The van der Waals surface area contributed by atoms with Gasteiger partial charge in [-0.1, -0.05) is 17.7 Å². The van der Waals surface area contributed by atoms with Crippen LogP contribution in [0.4, 0.5) is 17.1 Å². The molecule has 2 fully saturated rings. The Morgan fingerprint density at radius 1 is 1.12 bits per heavy atom. The zero-order chi connectivity index (χ0) is 24.5. The van der Waals surface area contributed by atoms with Gasteiger partial charge in [0.2, 0.25) is 0 Å². The van der Waals surface area contributed by atoms with Gasteiger partial charge in [-0.2, -0.15) is 0 Å². The van der Waals surface area contributed by atoms with E-state index in [9.17, 15) is 23.3 Å². The van der Waals surface area contributed by atoms with E-state index in [1.165, 1.54) is 12.1 Å². The van der Waals surface area contributed by atoms with Crippen LogP contribution in [0.5, 0.6) is 0 Å². The second-order valence-corrected chi connectivity index (χ2v) is 10.3. The van der Waals surface area contributed by atoms with Crippen molar-refractivity contribution in [3.63, 3.8) is 0 Å². The Morgan fingerprint density at radius 2 is 1.85 bits per heavy atom. The number of nitrogens with one attached hydrogen (secondary N) is 1. The van der Waals surface area contributed by atoms with Gasteiger partial charge in [-0.25, -0.2) is 8.42 Å². The highest BCUT2D eigenvalue weighted by atomic mass is 32.2. The van der Waals surface area contributed by atoms with Crippen LogP contribution in [0.1, 0.15) is 24.0 Å². The van der Waals surface area contributed by atoms with Gasteiger partial charge in [-0.15, -0.1) is 0 Å². The van der Waals surface area contributed by atoms with Crippen molar-refractivity contribution >= 4 is 33.0 Å². The maximum Gasteiger partial charge on any atom is 0.293 e. The standard InChI is InChI=1S/C23H28N4O6S/c1-16-5-7-19(17(2)14-16)24-34(31,32)18-6-8-20(21(15-18)27(29)30)25-9-11-26(12-10-25)23(28)22-4-3-13-33-22/h5-8,14-15,22,24H,3-4,9-13H2,1-2H3. The number of hydrogen-bond acceptors (Lipinski definition) is 7. The van der Waals surface area contributed by atoms with Crippen molar-refractivity contribution in [2.75, 3.05) is 42.4 Å². The SMILES string of the molecule is Cc1ccc(NS(=O)(=O)c2ccc(N3CCN(C(=O)C4CCCO4)CC3)c([N+](=O)[O-])c2)c(C)c1. The topological polar surface area (TPSA) is 122 Å². The van der Waals surface area contributed by atoms with E-state index in [4.69, 9.17) is 4.74 Å². The number of carbonyl (C=O) groups is 1. The van der Waals surface area contributed by atoms with Crippen LogP contribution >= 0.6 is 0 Å². The van der Waals surface area contributed by atoms with Crippen molar-refractivity contribution in [3.8, 4) is 0 Å². The van der Waals surface area contributed by atoms with Crippen molar-refractivity contribution in [2.24, 2.45) is 0 Å². The van der Waals surface area contributed by atoms with Gasteiger partial charge in [-0.3, -0.25) is 19.6 Å². The minimum Gasteiger partial charge on any atom is -0.368 e. The van der Waals surface area contributed by atoms with E-state index in [0.29, 0.717) is 44.2 Å². The van der Waals surface area contributed by atoms with Crippen LogP contribution in [0.3, 0.4) is 0 Å². The van der Waals surface area contributed by atoms with Crippen molar-refractivity contribution in [2.45, 2.75) is 37.7 Å². The number of benzene rings is 2. The van der Waals surface area contributed by atoms with Crippen LogP contribution in [-0.4, -0.2) is 63.0 Å². The van der Waals surface area contributed by atoms with Crippen molar-refractivity contribution in [3.05, 3.63) is 57.6 Å². The normalized spacial score (nSPS) is 18.7. The van der Waals surface area contributed by atoms with Gasteiger partial charge in [-0.05, 0) is 50.5 Å². The highest BCUT2D eigenvalue weighted by molar-refractivity contribution is 7.92. The molecule has 0 radical (unpaired) electrons. The van der Waals surface area contributed by atoms with E-state index in [1.54, 1.807) is 24.0 Å². The molecule has 11 heteroatoms. The molecule has 2 heterocycles. The van der Waals surface area contributed by atoms with Gasteiger partial charge in [0.25, 0.3) is 21.6 Å². The highest BCUT2D eigenvalue weighted by Crippen LogP contribution is 2.32. The minimum absolute atomic E-state index is 0.0365. The van der Waals surface area contributed by atoms with E-state index in [0.717, 1.165) is 30.0 Å². The van der Waals surface area contributed by atoms with Crippen LogP contribution < -0.4 is 9.62 Å². The van der Waals surface area contributed by atoms with Gasteiger partial charge >= 0.3 is 0 Å². The van der Waals surface area contributed by atoms with Crippen LogP contribution in [0.15, 0.2) is 41.3 Å². The molecule has 34 heavy (non-hydrogen) atoms. The summed E-state index contributed by atoms with van der Waals surface area (Å²) in [5.74, 6) is -0.0365. The Bertz CT molecular complexity index is 1200. The van der Waals surface area contributed by atoms with E-state index >= 15 is 0 Å². The van der Waals surface area contributed by atoms with Crippen LogP contribution in [0.25, 0.3) is 0 Å². The van der Waals surface area contributed by atoms with Gasteiger partial charge in [0.15, 0.2) is 0 Å². The van der Waals surface area contributed by atoms with E-state index in [-0.39, 0.29) is 16.5 Å². The third kappa shape index (κ3) is 5.00. The molecular weight excluding hydrogens is 460 g/mol. The summed E-state index contributed by atoms with van der Waals surface area (Å²) in [5, 5.41) is 11.8. The average Bonchev–Trinajstić information content (AvgIpc) is 3.35. The number of aryl methyl sites for hydroxylation is 2. The molecule has 2 aromatic carbocycles. The molecule has 2 saturated heterocycles. The molecule has 2 aliphatic heterocycles. The molecule has 0 aliphatic carbocycles. The second kappa shape index (κ2) is 9.59. The van der Waals surface area contributed by atoms with E-state index in [1.807, 2.05) is 17.9 Å². The number of rotatable bonds is 6. The molecule has 0 bridgehead atoms. The lowest BCUT2D eigenvalue weighted by Gasteiger charge is -2.36. The molecule has 0 saturated carbocycles. The van der Waals surface area contributed by atoms with Crippen molar-refractivity contribution < 1.29 is 22.9 Å². The molecule has 1 amide bonds. The molecule has 0 aromatic heterocycles. The minimum atomic E-state index is -4.02. The number of nitrogens with zero attached hydrogens (tertiary/aromatic N) is 3. The van der Waals surface area contributed by atoms with Crippen LogP contribution in [0, 0.1) is 24.0 Å². The summed E-state index contributed by atoms with van der Waals surface area (Å²) in [4.78, 5) is 27.2. The zero-order valence-corrected chi connectivity index (χ0v) is 20.0. The quantitative estimate of drug-likeness (QED) is 0.490. The third-order valence-corrected chi connectivity index (χ3v) is 7.58. The van der Waals surface area contributed by atoms with E-state index in [2.05, 4.69) is 4.72 Å². The smallest absolute Gasteiger partial charge is 0.293 e. The monoisotopic (exact) mass is 488 g/mol. The summed E-state index contributed by atoms with van der Waals surface area (Å²) in [5.41, 5.74) is 2.22. The van der Waals surface area contributed by atoms with Gasteiger partial charge in [0.1, 0.15) is 11.8 Å². The molecule has 2 aromatic rings. The van der Waals surface area contributed by atoms with E-state index < -0.39 is 21.1 Å². The number of nitro groups is 1. The fraction of sp³-hybridized carbons (Fsp3) is 0.435. The summed E-state index contributed by atoms with van der Waals surface area (Å²) < 4.78 is 33.9. The van der Waals surface area contributed by atoms with Gasteiger partial charge in [0.05, 0.1) is 15.5 Å². The first-order chi connectivity index (χ1) is 16.2. The summed E-state index contributed by atoms with van der Waals surface area (Å²) >= 11 is 0. The number of amides is 1. The first kappa shape index (κ1) is 24.0. The molecule has 4 rings (SSSR count). The maximum atomic E-state index is 12.9. The van der Waals surface area contributed by atoms with Crippen molar-refractivity contribution in [1.82, 2.24) is 4.90 Å². The molecule has 10 nitrogen and oxygen atoms in total. The highest BCUT2D eigenvalue weighted by Gasteiger charge is 2.32. The fourth-order valence-electron chi connectivity index (χ4n) is 4.36. The molecule has 0 spiro atoms.